The van der Waals surface area contributed by atoms with Gasteiger partial charge in [0.25, 0.3) is 29.5 Å². The number of aromatic nitrogens is 7. The molecule has 1 saturated heterocycles. The van der Waals surface area contributed by atoms with Gasteiger partial charge in [0.15, 0.2) is 0 Å². The number of H-pyrrole nitrogens is 1. The van der Waals surface area contributed by atoms with Gasteiger partial charge in [0.2, 0.25) is 5.82 Å². The minimum atomic E-state index is -0.980. The third kappa shape index (κ3) is 10.9. The fourth-order valence-corrected chi connectivity index (χ4v) is 8.07. The Bertz CT molecular complexity index is 2980. The smallest absolute Gasteiger partial charge is 0.293 e. The fraction of sp³-hybridized carbons (Fsp3) is 0.300. The molecule has 19 heteroatoms. The first-order valence-corrected chi connectivity index (χ1v) is 22.5. The van der Waals surface area contributed by atoms with Crippen LogP contribution in [0.3, 0.4) is 0 Å². The van der Waals surface area contributed by atoms with Crippen molar-refractivity contribution in [2.45, 2.75) is 38.1 Å². The second kappa shape index (κ2) is 20.6. The van der Waals surface area contributed by atoms with Gasteiger partial charge in [0.05, 0.1) is 31.0 Å². The molecule has 9 rings (SSSR count). The van der Waals surface area contributed by atoms with Gasteiger partial charge >= 0.3 is 0 Å². The van der Waals surface area contributed by atoms with Crippen LogP contribution in [0.15, 0.2) is 97.1 Å². The predicted octanol–water partition coefficient (Wildman–Crippen LogP) is 2.15. The summed E-state index contributed by atoms with van der Waals surface area (Å²) >= 11 is 0. The zero-order valence-electron chi connectivity index (χ0n) is 38.3. The van der Waals surface area contributed by atoms with Crippen LogP contribution < -0.4 is 29.9 Å². The fourth-order valence-electron chi connectivity index (χ4n) is 8.07. The molecule has 0 radical (unpaired) electrons. The van der Waals surface area contributed by atoms with E-state index in [0.717, 1.165) is 48.4 Å². The van der Waals surface area contributed by atoms with Crippen molar-refractivity contribution < 1.29 is 28.7 Å². The van der Waals surface area contributed by atoms with E-state index in [1.807, 2.05) is 84.9 Å². The van der Waals surface area contributed by atoms with Gasteiger partial charge in [-0.3, -0.25) is 34.1 Å². The Morgan fingerprint density at radius 2 is 1.33 bits per heavy atom. The van der Waals surface area contributed by atoms with E-state index in [0.29, 0.717) is 54.8 Å². The lowest BCUT2D eigenvalue weighted by molar-refractivity contribution is -0.121. The zero-order chi connectivity index (χ0) is 47.9. The highest BCUT2D eigenvalue weighted by molar-refractivity contribution is 6.03. The molecule has 69 heavy (non-hydrogen) atoms. The molecule has 0 spiro atoms. The Balaban J connectivity index is 0.731. The average molecular weight is 928 g/mol. The van der Waals surface area contributed by atoms with Crippen LogP contribution in [0.4, 0.5) is 11.4 Å². The van der Waals surface area contributed by atoms with E-state index in [-0.39, 0.29) is 30.1 Å². The molecule has 3 N–H and O–H groups in total. The number of nitrogens with one attached hydrogen (secondary N) is 3. The number of anilines is 2. The van der Waals surface area contributed by atoms with Crippen LogP contribution in [-0.4, -0.2) is 147 Å². The molecule has 1 fully saturated rings. The minimum absolute atomic E-state index is 0.0566. The van der Waals surface area contributed by atoms with Crippen LogP contribution in [0.5, 0.6) is 11.5 Å². The van der Waals surface area contributed by atoms with Crippen molar-refractivity contribution in [2.24, 2.45) is 0 Å². The molecular formula is C50H49N13O6. The molecule has 0 aliphatic carbocycles. The van der Waals surface area contributed by atoms with Crippen molar-refractivity contribution in [3.05, 3.63) is 137 Å². The normalized spacial score (nSPS) is 18.2. The highest BCUT2D eigenvalue weighted by atomic mass is 16.5. The summed E-state index contributed by atoms with van der Waals surface area (Å²) in [6, 6.07) is 28.3. The molecular weight excluding hydrogens is 879 g/mol. The van der Waals surface area contributed by atoms with Crippen LogP contribution in [0.2, 0.25) is 0 Å². The van der Waals surface area contributed by atoms with Crippen LogP contribution >= 0.6 is 0 Å². The summed E-state index contributed by atoms with van der Waals surface area (Å²) in [5.74, 6) is 12.5. The number of fused-ring (bicyclic) bond motifs is 2. The third-order valence-corrected chi connectivity index (χ3v) is 12.0. The first-order valence-electron chi connectivity index (χ1n) is 22.5. The molecule has 0 bridgehead atoms. The van der Waals surface area contributed by atoms with Crippen LogP contribution in [-0.2, 0) is 22.6 Å². The second-order valence-electron chi connectivity index (χ2n) is 16.8. The Morgan fingerprint density at radius 3 is 2.00 bits per heavy atom. The highest BCUT2D eigenvalue weighted by Crippen LogP contribution is 2.34. The SMILES string of the molecule is C[C@H]1Oc2ccc(C#CCN3CCN(CC#Cc4ccc5c(c4)N(C)C(=O)[C@@H](NC(=O)c4nnn(Cc6ccccc6)n4)CO5)CC3)cc2N(C)C(=O)[C@H]1NC(=O)c1n[nH]c(Cc2ccccc2)n1. The van der Waals surface area contributed by atoms with Crippen molar-refractivity contribution >= 4 is 35.0 Å². The van der Waals surface area contributed by atoms with Crippen molar-refractivity contribution in [1.82, 2.24) is 55.8 Å². The van der Waals surface area contributed by atoms with Crippen LogP contribution in [0.1, 0.15) is 56.2 Å². The number of rotatable bonds is 10. The molecule has 4 aromatic carbocycles. The number of hydrogen-bond donors (Lipinski definition) is 3. The molecule has 2 aromatic heterocycles. The first-order chi connectivity index (χ1) is 33.5. The number of amides is 4. The average Bonchev–Trinajstić information content (AvgIpc) is 4.01. The Labute approximate surface area is 398 Å². The van der Waals surface area contributed by atoms with E-state index in [9.17, 15) is 19.2 Å². The maximum atomic E-state index is 13.7. The Hall–Kier alpha value is -8.39. The van der Waals surface area contributed by atoms with Crippen molar-refractivity contribution in [1.29, 1.82) is 0 Å². The first kappa shape index (κ1) is 45.8. The molecule has 6 aromatic rings. The van der Waals surface area contributed by atoms with E-state index in [1.54, 1.807) is 33.2 Å². The number of hydrogen-bond acceptors (Lipinski definition) is 13. The number of benzene rings is 4. The van der Waals surface area contributed by atoms with Gasteiger partial charge in [-0.25, -0.2) is 4.98 Å². The van der Waals surface area contributed by atoms with E-state index in [4.69, 9.17) is 9.47 Å². The lowest BCUT2D eigenvalue weighted by Gasteiger charge is -2.32. The van der Waals surface area contributed by atoms with Crippen LogP contribution in [0.25, 0.3) is 0 Å². The number of tetrazole rings is 1. The Morgan fingerprint density at radius 1 is 0.739 bits per heavy atom. The molecule has 3 atom stereocenters. The summed E-state index contributed by atoms with van der Waals surface area (Å²) in [6.07, 6.45) is -0.187. The number of nitrogens with zero attached hydrogens (tertiary/aromatic N) is 10. The number of carbonyl (C=O) groups is 4. The quantitative estimate of drug-likeness (QED) is 0.169. The number of piperazine rings is 1. The predicted molar refractivity (Wildman–Crippen MR) is 253 cm³/mol. The Kier molecular flexibility index (Phi) is 13.7. The summed E-state index contributed by atoms with van der Waals surface area (Å²) < 4.78 is 12.2. The zero-order valence-corrected chi connectivity index (χ0v) is 38.3. The van der Waals surface area contributed by atoms with Crippen LogP contribution in [0, 0.1) is 23.7 Å². The molecule has 4 amide bonds. The molecule has 0 unspecified atom stereocenters. The van der Waals surface area contributed by atoms with Crippen molar-refractivity contribution in [3.8, 4) is 35.2 Å². The van der Waals surface area contributed by atoms with Gasteiger partial charge in [0.1, 0.15) is 42.1 Å². The number of aromatic amines is 1. The monoisotopic (exact) mass is 927 g/mol. The van der Waals surface area contributed by atoms with Crippen molar-refractivity contribution in [3.63, 3.8) is 0 Å². The number of likely N-dealkylation sites (N-methyl/N-ethyl adjacent to an activating group) is 2. The van der Waals surface area contributed by atoms with E-state index in [1.165, 1.54) is 14.6 Å². The summed E-state index contributed by atoms with van der Waals surface area (Å²) in [4.78, 5) is 66.6. The molecule has 3 aliphatic heterocycles. The van der Waals surface area contributed by atoms with E-state index in [2.05, 4.69) is 74.7 Å². The van der Waals surface area contributed by atoms with Gasteiger partial charge in [0, 0.05) is 57.8 Å². The summed E-state index contributed by atoms with van der Waals surface area (Å²) in [5, 5.41) is 24.4. The summed E-state index contributed by atoms with van der Waals surface area (Å²) in [6.45, 7) is 6.45. The third-order valence-electron chi connectivity index (χ3n) is 12.0. The maximum Gasteiger partial charge on any atom is 0.293 e. The summed E-state index contributed by atoms with van der Waals surface area (Å²) in [5.41, 5.74) is 4.54. The number of ether oxygens (including phenoxy) is 2. The molecule has 5 heterocycles. The van der Waals surface area contributed by atoms with Gasteiger partial charge in [-0.15, -0.1) is 15.3 Å². The lowest BCUT2D eigenvalue weighted by atomic mass is 10.1. The van der Waals surface area contributed by atoms with Gasteiger partial charge < -0.3 is 29.9 Å². The highest BCUT2D eigenvalue weighted by Gasteiger charge is 2.37. The minimum Gasteiger partial charge on any atom is -0.489 e. The topological polar surface area (TPSA) is 209 Å². The number of carbonyl (C=O) groups excluding carboxylic acids is 4. The maximum absolute atomic E-state index is 13.7. The van der Waals surface area contributed by atoms with Gasteiger partial charge in [-0.1, -0.05) is 84.3 Å². The lowest BCUT2D eigenvalue weighted by Crippen LogP contribution is -2.53. The largest absolute Gasteiger partial charge is 0.489 e. The van der Waals surface area contributed by atoms with Gasteiger partial charge in [-0.2, -0.15) is 4.80 Å². The molecule has 3 aliphatic rings. The van der Waals surface area contributed by atoms with Gasteiger partial charge in [-0.05, 0) is 59.7 Å². The second-order valence-corrected chi connectivity index (χ2v) is 16.8. The summed E-state index contributed by atoms with van der Waals surface area (Å²) in [7, 11) is 3.29. The van der Waals surface area contributed by atoms with Crippen molar-refractivity contribution in [2.75, 3.05) is 69.8 Å². The molecule has 0 saturated carbocycles. The standard InChI is InChI=1S/C50H49N13O6/c1-33-44(53-47(64)45-52-43(54-55-45)30-34-12-6-4-7-13-34)50(67)60(3)40-29-36(19-21-42(40)69-33)17-11-23-62-26-24-61(25-27-62)22-10-16-35-18-20-41-39(28-35)59(2)49(66)38(32-68-41)51-48(65)46-56-58-63(57-46)31-37-14-8-5-9-15-37/h4-9,12-15,18-21,28-29,33,38,44H,22-27,30-32H2,1-3H3,(H,51,65)(H,53,64)(H,52,54,55)/t33-,38+,44+/m1/s1. The molecule has 19 nitrogen and oxygen atoms in total. The van der Waals surface area contributed by atoms with E-state index >= 15 is 0 Å². The molecule has 350 valence electrons. The van der Waals surface area contributed by atoms with E-state index < -0.39 is 30.0 Å².